The molecule has 0 saturated carbocycles. The number of thiazole rings is 1. The molecule has 1 atom stereocenters. The van der Waals surface area contributed by atoms with E-state index in [1.54, 1.807) is 36.6 Å². The summed E-state index contributed by atoms with van der Waals surface area (Å²) in [4.78, 5) is 48.6. The van der Waals surface area contributed by atoms with E-state index in [2.05, 4.69) is 10.6 Å². The molecule has 0 spiro atoms. The molecule has 2 amide bonds. The van der Waals surface area contributed by atoms with Crippen LogP contribution in [-0.4, -0.2) is 29.0 Å². The summed E-state index contributed by atoms with van der Waals surface area (Å²) >= 11 is 1.07. The van der Waals surface area contributed by atoms with Gasteiger partial charge < -0.3 is 19.9 Å². The van der Waals surface area contributed by atoms with Gasteiger partial charge in [0.2, 0.25) is 0 Å². The number of anilines is 1. The summed E-state index contributed by atoms with van der Waals surface area (Å²) in [6, 6.07) is 15.9. The van der Waals surface area contributed by atoms with Crippen LogP contribution in [0, 0.1) is 6.92 Å². The van der Waals surface area contributed by atoms with Gasteiger partial charge in [0.1, 0.15) is 0 Å². The van der Waals surface area contributed by atoms with Crippen molar-refractivity contribution in [2.24, 2.45) is 0 Å². The fraction of sp³-hybridized carbons (Fsp3) is 0.250. The quantitative estimate of drug-likeness (QED) is 0.470. The van der Waals surface area contributed by atoms with Crippen molar-refractivity contribution in [3.63, 3.8) is 0 Å². The summed E-state index contributed by atoms with van der Waals surface area (Å²) in [5.74, 6) is -1.50. The van der Waals surface area contributed by atoms with E-state index in [0.717, 1.165) is 22.6 Å². The van der Waals surface area contributed by atoms with Gasteiger partial charge in [-0.2, -0.15) is 0 Å². The third-order valence-electron chi connectivity index (χ3n) is 4.97. The van der Waals surface area contributed by atoms with Crippen molar-refractivity contribution < 1.29 is 19.1 Å². The number of hydrogen-bond acceptors (Lipinski definition) is 6. The summed E-state index contributed by atoms with van der Waals surface area (Å²) in [6.45, 7) is 3.36. The maximum absolute atomic E-state index is 12.8. The minimum atomic E-state index is -0.592. The molecular formula is C24H25N3O5S. The van der Waals surface area contributed by atoms with Crippen LogP contribution in [0.15, 0.2) is 64.8 Å². The molecular weight excluding hydrogens is 442 g/mol. The van der Waals surface area contributed by atoms with E-state index in [0.29, 0.717) is 11.3 Å². The first-order valence-corrected chi connectivity index (χ1v) is 11.3. The maximum Gasteiger partial charge on any atom is 0.308 e. The number of aryl methyl sites for hydroxylation is 1. The summed E-state index contributed by atoms with van der Waals surface area (Å²) in [7, 11) is 0. The average Bonchev–Trinajstić information content (AvgIpc) is 3.14. The van der Waals surface area contributed by atoms with Gasteiger partial charge in [-0.25, -0.2) is 0 Å². The van der Waals surface area contributed by atoms with Crippen LogP contribution in [0.3, 0.4) is 0 Å². The fourth-order valence-electron chi connectivity index (χ4n) is 3.17. The van der Waals surface area contributed by atoms with Crippen LogP contribution < -0.4 is 15.5 Å². The number of aromatic nitrogens is 1. The molecule has 2 aromatic carbocycles. The van der Waals surface area contributed by atoms with Gasteiger partial charge in [0.15, 0.2) is 6.61 Å². The van der Waals surface area contributed by atoms with Crippen molar-refractivity contribution >= 4 is 34.8 Å². The molecule has 0 bridgehead atoms. The second-order valence-corrected chi connectivity index (χ2v) is 8.23. The van der Waals surface area contributed by atoms with Crippen molar-refractivity contribution in [2.45, 2.75) is 32.9 Å². The minimum absolute atomic E-state index is 0.0267. The van der Waals surface area contributed by atoms with Crippen LogP contribution in [0.2, 0.25) is 0 Å². The number of carbonyl (C=O) groups excluding carboxylic acids is 3. The van der Waals surface area contributed by atoms with Gasteiger partial charge in [0.05, 0.1) is 23.7 Å². The fourth-order valence-corrected chi connectivity index (χ4v) is 3.93. The Morgan fingerprint density at radius 3 is 2.45 bits per heavy atom. The number of para-hydroxylation sites is 1. The molecule has 8 nitrogen and oxygen atoms in total. The average molecular weight is 468 g/mol. The van der Waals surface area contributed by atoms with Crippen LogP contribution in [-0.2, 0) is 20.9 Å². The highest BCUT2D eigenvalue weighted by atomic mass is 32.1. The molecule has 0 aliphatic heterocycles. The lowest BCUT2D eigenvalue weighted by molar-refractivity contribution is -0.147. The Morgan fingerprint density at radius 1 is 1.06 bits per heavy atom. The molecule has 172 valence electrons. The van der Waals surface area contributed by atoms with Crippen molar-refractivity contribution in [2.75, 3.05) is 11.9 Å². The number of nitrogens with zero attached hydrogens (tertiary/aromatic N) is 1. The molecule has 0 aliphatic rings. The third-order valence-corrected chi connectivity index (χ3v) is 5.85. The Balaban J connectivity index is 1.53. The summed E-state index contributed by atoms with van der Waals surface area (Å²) in [6.07, 6.45) is -0.0267. The number of amides is 2. The van der Waals surface area contributed by atoms with E-state index in [-0.39, 0.29) is 29.8 Å². The lowest BCUT2D eigenvalue weighted by Crippen LogP contribution is -2.28. The van der Waals surface area contributed by atoms with Crippen molar-refractivity contribution in [1.82, 2.24) is 9.88 Å². The number of nitrogens with one attached hydrogen (secondary N) is 2. The van der Waals surface area contributed by atoms with Crippen molar-refractivity contribution in [3.8, 4) is 0 Å². The van der Waals surface area contributed by atoms with E-state index in [1.807, 2.05) is 37.3 Å². The van der Waals surface area contributed by atoms with Crippen LogP contribution in [0.4, 0.5) is 5.69 Å². The molecule has 3 aromatic rings. The van der Waals surface area contributed by atoms with Gasteiger partial charge in [-0.15, -0.1) is 0 Å². The van der Waals surface area contributed by atoms with Gasteiger partial charge in [0.25, 0.3) is 11.8 Å². The topological polar surface area (TPSA) is 106 Å². The first-order chi connectivity index (χ1) is 15.8. The maximum atomic E-state index is 12.8. The molecule has 2 N–H and O–H groups in total. The number of rotatable bonds is 9. The SMILES string of the molecule is Cc1csc(=O)n1CCC(=O)OCC(=O)Nc1ccccc1C(=O)NC(C)c1ccccc1. The highest BCUT2D eigenvalue weighted by Gasteiger charge is 2.17. The second kappa shape index (κ2) is 11.2. The molecule has 3 rings (SSSR count). The predicted octanol–water partition coefficient (Wildman–Crippen LogP) is 3.28. The van der Waals surface area contributed by atoms with Gasteiger partial charge in [0, 0.05) is 17.6 Å². The Labute approximate surface area is 195 Å². The van der Waals surface area contributed by atoms with E-state index in [9.17, 15) is 19.2 Å². The Kier molecular flexibility index (Phi) is 8.15. The summed E-state index contributed by atoms with van der Waals surface area (Å²) in [5, 5.41) is 7.25. The molecule has 9 heteroatoms. The zero-order chi connectivity index (χ0) is 23.8. The normalized spacial score (nSPS) is 11.5. The first kappa shape index (κ1) is 23.9. The molecule has 0 aliphatic carbocycles. The van der Waals surface area contributed by atoms with E-state index < -0.39 is 18.5 Å². The standard InChI is InChI=1S/C24H25N3O5S/c1-16-15-33-24(31)27(16)13-12-22(29)32-14-21(28)26-20-11-7-6-10-19(20)23(30)25-17(2)18-8-4-3-5-9-18/h3-11,15,17H,12-14H2,1-2H3,(H,25,30)(H,26,28). The molecule has 1 heterocycles. The Bertz CT molecular complexity index is 1190. The molecule has 33 heavy (non-hydrogen) atoms. The first-order valence-electron chi connectivity index (χ1n) is 10.4. The van der Waals surface area contributed by atoms with Crippen LogP contribution in [0.1, 0.15) is 41.0 Å². The second-order valence-electron chi connectivity index (χ2n) is 7.40. The van der Waals surface area contributed by atoms with Crippen molar-refractivity contribution in [1.29, 1.82) is 0 Å². The Hall–Kier alpha value is -3.72. The number of benzene rings is 2. The third kappa shape index (κ3) is 6.63. The van der Waals surface area contributed by atoms with Gasteiger partial charge in [-0.1, -0.05) is 53.8 Å². The predicted molar refractivity (Wildman–Crippen MR) is 126 cm³/mol. The highest BCUT2D eigenvalue weighted by Crippen LogP contribution is 2.18. The van der Waals surface area contributed by atoms with Crippen molar-refractivity contribution in [3.05, 3.63) is 86.5 Å². The van der Waals surface area contributed by atoms with Gasteiger partial charge in [-0.3, -0.25) is 19.2 Å². The lowest BCUT2D eigenvalue weighted by Gasteiger charge is -2.16. The van der Waals surface area contributed by atoms with E-state index in [4.69, 9.17) is 4.74 Å². The van der Waals surface area contributed by atoms with E-state index in [1.165, 1.54) is 4.57 Å². The van der Waals surface area contributed by atoms with Gasteiger partial charge >= 0.3 is 10.8 Å². The molecule has 0 radical (unpaired) electrons. The zero-order valence-electron chi connectivity index (χ0n) is 18.4. The largest absolute Gasteiger partial charge is 0.456 e. The zero-order valence-corrected chi connectivity index (χ0v) is 19.2. The highest BCUT2D eigenvalue weighted by molar-refractivity contribution is 7.07. The minimum Gasteiger partial charge on any atom is -0.456 e. The summed E-state index contributed by atoms with van der Waals surface area (Å²) < 4.78 is 6.50. The summed E-state index contributed by atoms with van der Waals surface area (Å²) in [5.41, 5.74) is 2.34. The molecule has 0 fully saturated rings. The monoisotopic (exact) mass is 467 g/mol. The van der Waals surface area contributed by atoms with E-state index >= 15 is 0 Å². The molecule has 1 unspecified atom stereocenters. The van der Waals surface area contributed by atoms with Gasteiger partial charge in [-0.05, 0) is 31.5 Å². The number of ether oxygens (including phenoxy) is 1. The number of hydrogen-bond donors (Lipinski definition) is 2. The smallest absolute Gasteiger partial charge is 0.308 e. The lowest BCUT2D eigenvalue weighted by atomic mass is 10.1. The number of carbonyl (C=O) groups is 3. The number of esters is 1. The molecule has 0 saturated heterocycles. The van der Waals surface area contributed by atoms with Crippen LogP contribution in [0.5, 0.6) is 0 Å². The molecule has 1 aromatic heterocycles. The van der Waals surface area contributed by atoms with Crippen LogP contribution in [0.25, 0.3) is 0 Å². The van der Waals surface area contributed by atoms with Crippen LogP contribution >= 0.6 is 11.3 Å². The Morgan fingerprint density at radius 2 is 1.76 bits per heavy atom.